The molecule has 1 aliphatic carbocycles. The van der Waals surface area contributed by atoms with Crippen LogP contribution in [0, 0.1) is 6.92 Å². The SMILES string of the molecule is Cc1oc(C2CCC2)nc1C(=O)NCCC(C)N1CCCC1. The Bertz CT molecular complexity index is 516. The van der Waals surface area contributed by atoms with E-state index < -0.39 is 0 Å². The lowest BCUT2D eigenvalue weighted by Crippen LogP contribution is -2.34. The van der Waals surface area contributed by atoms with Crippen LogP contribution >= 0.6 is 0 Å². The highest BCUT2D eigenvalue weighted by molar-refractivity contribution is 5.93. The first-order valence-corrected chi connectivity index (χ1v) is 8.64. The highest BCUT2D eigenvalue weighted by atomic mass is 16.4. The number of carbonyl (C=O) groups excluding carboxylic acids is 1. The third kappa shape index (κ3) is 3.35. The van der Waals surface area contributed by atoms with E-state index in [0.29, 0.717) is 30.0 Å². The first-order chi connectivity index (χ1) is 10.6. The molecule has 1 aliphatic heterocycles. The van der Waals surface area contributed by atoms with E-state index in [-0.39, 0.29) is 5.91 Å². The summed E-state index contributed by atoms with van der Waals surface area (Å²) in [7, 11) is 0. The minimum atomic E-state index is -0.0968. The largest absolute Gasteiger partial charge is 0.445 e. The summed E-state index contributed by atoms with van der Waals surface area (Å²) < 4.78 is 5.67. The molecule has 1 N–H and O–H groups in total. The summed E-state index contributed by atoms with van der Waals surface area (Å²) in [5.41, 5.74) is 0.468. The van der Waals surface area contributed by atoms with Crippen molar-refractivity contribution >= 4 is 5.91 Å². The molecule has 0 bridgehead atoms. The smallest absolute Gasteiger partial charge is 0.273 e. The molecule has 2 heterocycles. The van der Waals surface area contributed by atoms with Gasteiger partial charge in [0.15, 0.2) is 11.6 Å². The molecule has 1 aromatic heterocycles. The van der Waals surface area contributed by atoms with Crippen molar-refractivity contribution in [3.8, 4) is 0 Å². The Morgan fingerprint density at radius 1 is 1.36 bits per heavy atom. The average Bonchev–Trinajstić information content (AvgIpc) is 3.06. The van der Waals surface area contributed by atoms with Gasteiger partial charge in [0.2, 0.25) is 0 Å². The lowest BCUT2D eigenvalue weighted by atomic mass is 9.85. The molecule has 122 valence electrons. The summed E-state index contributed by atoms with van der Waals surface area (Å²) in [6, 6.07) is 0.534. The molecular weight excluding hydrogens is 278 g/mol. The fourth-order valence-corrected chi connectivity index (χ4v) is 3.30. The maximum atomic E-state index is 12.3. The molecular formula is C17H27N3O2. The van der Waals surface area contributed by atoms with Crippen LogP contribution in [-0.2, 0) is 0 Å². The number of rotatable bonds is 6. The summed E-state index contributed by atoms with van der Waals surface area (Å²) in [5, 5.41) is 2.99. The Balaban J connectivity index is 1.48. The van der Waals surface area contributed by atoms with Gasteiger partial charge >= 0.3 is 0 Å². The number of nitrogens with zero attached hydrogens (tertiary/aromatic N) is 2. The van der Waals surface area contributed by atoms with E-state index >= 15 is 0 Å². The zero-order valence-electron chi connectivity index (χ0n) is 13.7. The van der Waals surface area contributed by atoms with Gasteiger partial charge in [-0.2, -0.15) is 0 Å². The van der Waals surface area contributed by atoms with Crippen LogP contribution in [0.3, 0.4) is 0 Å². The first kappa shape index (κ1) is 15.5. The van der Waals surface area contributed by atoms with Crippen molar-refractivity contribution in [1.29, 1.82) is 0 Å². The number of carbonyl (C=O) groups is 1. The molecule has 1 saturated carbocycles. The maximum absolute atomic E-state index is 12.3. The van der Waals surface area contributed by atoms with Gasteiger partial charge in [0.1, 0.15) is 5.76 Å². The molecule has 1 amide bonds. The van der Waals surface area contributed by atoms with E-state index in [1.807, 2.05) is 6.92 Å². The second kappa shape index (κ2) is 6.82. The van der Waals surface area contributed by atoms with Crippen LogP contribution in [0.2, 0.25) is 0 Å². The van der Waals surface area contributed by atoms with Crippen LogP contribution in [0.1, 0.15) is 73.5 Å². The van der Waals surface area contributed by atoms with Gasteiger partial charge in [-0.1, -0.05) is 6.42 Å². The third-order valence-electron chi connectivity index (χ3n) is 5.09. The second-order valence-electron chi connectivity index (χ2n) is 6.72. The molecule has 0 aromatic carbocycles. The number of hydrogen-bond donors (Lipinski definition) is 1. The zero-order valence-corrected chi connectivity index (χ0v) is 13.7. The van der Waals surface area contributed by atoms with Gasteiger partial charge in [-0.3, -0.25) is 4.79 Å². The number of amides is 1. The van der Waals surface area contributed by atoms with E-state index in [1.165, 1.54) is 32.4 Å². The number of oxazole rings is 1. The van der Waals surface area contributed by atoms with Crippen LogP contribution in [-0.4, -0.2) is 41.5 Å². The van der Waals surface area contributed by atoms with E-state index in [4.69, 9.17) is 4.42 Å². The maximum Gasteiger partial charge on any atom is 0.273 e. The van der Waals surface area contributed by atoms with Crippen LogP contribution in [0.15, 0.2) is 4.42 Å². The van der Waals surface area contributed by atoms with Gasteiger partial charge in [0.05, 0.1) is 0 Å². The molecule has 3 rings (SSSR count). The van der Waals surface area contributed by atoms with Crippen molar-refractivity contribution in [1.82, 2.24) is 15.2 Å². The van der Waals surface area contributed by atoms with E-state index in [9.17, 15) is 4.79 Å². The summed E-state index contributed by atoms with van der Waals surface area (Å²) >= 11 is 0. The third-order valence-corrected chi connectivity index (χ3v) is 5.09. The monoisotopic (exact) mass is 305 g/mol. The lowest BCUT2D eigenvalue weighted by molar-refractivity contribution is 0.0943. The Labute approximate surface area is 132 Å². The fraction of sp³-hybridized carbons (Fsp3) is 0.765. The van der Waals surface area contributed by atoms with Crippen molar-refractivity contribution in [3.63, 3.8) is 0 Å². The molecule has 1 unspecified atom stereocenters. The quantitative estimate of drug-likeness (QED) is 0.878. The normalized spacial score (nSPS) is 20.8. The van der Waals surface area contributed by atoms with Gasteiger partial charge in [-0.15, -0.1) is 0 Å². The number of aryl methyl sites for hydroxylation is 1. The van der Waals surface area contributed by atoms with Crippen LogP contribution in [0.4, 0.5) is 0 Å². The summed E-state index contributed by atoms with van der Waals surface area (Å²) in [6.07, 6.45) is 7.10. The van der Waals surface area contributed by atoms with E-state index in [1.54, 1.807) is 0 Å². The topological polar surface area (TPSA) is 58.4 Å². The molecule has 0 spiro atoms. The first-order valence-electron chi connectivity index (χ1n) is 8.64. The van der Waals surface area contributed by atoms with Crippen molar-refractivity contribution in [2.24, 2.45) is 0 Å². The van der Waals surface area contributed by atoms with Crippen LogP contribution < -0.4 is 5.32 Å². The van der Waals surface area contributed by atoms with E-state index in [0.717, 1.165) is 25.2 Å². The molecule has 5 heteroatoms. The van der Waals surface area contributed by atoms with Gasteiger partial charge in [0.25, 0.3) is 5.91 Å². The lowest BCUT2D eigenvalue weighted by Gasteiger charge is -2.23. The van der Waals surface area contributed by atoms with Gasteiger partial charge in [0, 0.05) is 18.5 Å². The summed E-state index contributed by atoms with van der Waals surface area (Å²) in [4.78, 5) is 19.2. The van der Waals surface area contributed by atoms with Crippen molar-refractivity contribution in [2.75, 3.05) is 19.6 Å². The minimum Gasteiger partial charge on any atom is -0.445 e. The molecule has 2 aliphatic rings. The molecule has 22 heavy (non-hydrogen) atoms. The fourth-order valence-electron chi connectivity index (χ4n) is 3.30. The number of likely N-dealkylation sites (tertiary alicyclic amines) is 1. The Kier molecular flexibility index (Phi) is 4.81. The highest BCUT2D eigenvalue weighted by Crippen LogP contribution is 2.36. The van der Waals surface area contributed by atoms with Gasteiger partial charge < -0.3 is 14.6 Å². The number of hydrogen-bond acceptors (Lipinski definition) is 4. The summed E-state index contributed by atoms with van der Waals surface area (Å²) in [5.74, 6) is 1.72. The number of nitrogens with one attached hydrogen (secondary N) is 1. The molecule has 2 fully saturated rings. The second-order valence-corrected chi connectivity index (χ2v) is 6.72. The van der Waals surface area contributed by atoms with Crippen LogP contribution in [0.5, 0.6) is 0 Å². The standard InChI is InChI=1S/C17H27N3O2/c1-12(20-10-3-4-11-20)8-9-18-16(21)15-13(2)22-17(19-15)14-6-5-7-14/h12,14H,3-11H2,1-2H3,(H,18,21). The molecule has 0 radical (unpaired) electrons. The number of aromatic nitrogens is 1. The Morgan fingerprint density at radius 3 is 2.73 bits per heavy atom. The van der Waals surface area contributed by atoms with Crippen molar-refractivity contribution in [3.05, 3.63) is 17.3 Å². The molecule has 5 nitrogen and oxygen atoms in total. The summed E-state index contributed by atoms with van der Waals surface area (Å²) in [6.45, 7) is 7.16. The average molecular weight is 305 g/mol. The van der Waals surface area contributed by atoms with Crippen LogP contribution in [0.25, 0.3) is 0 Å². The zero-order chi connectivity index (χ0) is 15.5. The van der Waals surface area contributed by atoms with Gasteiger partial charge in [-0.05, 0) is 59.0 Å². The minimum absolute atomic E-state index is 0.0968. The van der Waals surface area contributed by atoms with Crippen molar-refractivity contribution in [2.45, 2.75) is 64.3 Å². The predicted octanol–water partition coefficient (Wildman–Crippen LogP) is 2.85. The Hall–Kier alpha value is -1.36. The van der Waals surface area contributed by atoms with Gasteiger partial charge in [-0.25, -0.2) is 4.98 Å². The molecule has 1 saturated heterocycles. The van der Waals surface area contributed by atoms with Crippen molar-refractivity contribution < 1.29 is 9.21 Å². The highest BCUT2D eigenvalue weighted by Gasteiger charge is 2.27. The molecule has 1 aromatic rings. The predicted molar refractivity (Wildman–Crippen MR) is 85.1 cm³/mol. The Morgan fingerprint density at radius 2 is 2.09 bits per heavy atom. The van der Waals surface area contributed by atoms with E-state index in [2.05, 4.69) is 22.1 Å². The molecule has 1 atom stereocenters.